The molecule has 1 atom stereocenters. The average molecular weight is 340 g/mol. The third-order valence-electron chi connectivity index (χ3n) is 3.24. The fraction of sp³-hybridized carbons (Fsp3) is 0.133. The van der Waals surface area contributed by atoms with Gasteiger partial charge in [-0.3, -0.25) is 0 Å². The maximum absolute atomic E-state index is 12.4. The van der Waals surface area contributed by atoms with E-state index in [1.165, 1.54) is 31.2 Å². The minimum absolute atomic E-state index is 0.0553. The smallest absolute Gasteiger partial charge is 0.329 e. The van der Waals surface area contributed by atoms with Crippen LogP contribution in [-0.2, 0) is 20.4 Å². The monoisotopic (exact) mass is 339 g/mol. The Bertz CT molecular complexity index is 775. The first-order chi connectivity index (χ1) is 10.3. The summed E-state index contributed by atoms with van der Waals surface area (Å²) in [7, 11) is -4.02. The van der Waals surface area contributed by atoms with E-state index in [0.717, 1.165) is 0 Å². The van der Waals surface area contributed by atoms with Crippen LogP contribution in [0.5, 0.6) is 0 Å². The number of sulfonamides is 1. The molecule has 2 N–H and O–H groups in total. The van der Waals surface area contributed by atoms with Gasteiger partial charge in [0.15, 0.2) is 5.54 Å². The van der Waals surface area contributed by atoms with Gasteiger partial charge in [-0.15, -0.1) is 0 Å². The van der Waals surface area contributed by atoms with Gasteiger partial charge < -0.3 is 5.11 Å². The van der Waals surface area contributed by atoms with Gasteiger partial charge in [0.2, 0.25) is 10.0 Å². The molecule has 0 saturated heterocycles. The van der Waals surface area contributed by atoms with E-state index in [-0.39, 0.29) is 4.90 Å². The molecule has 0 aromatic heterocycles. The van der Waals surface area contributed by atoms with Gasteiger partial charge in [0.05, 0.1) is 4.90 Å². The zero-order valence-corrected chi connectivity index (χ0v) is 13.2. The second-order valence-corrected chi connectivity index (χ2v) is 6.97. The number of benzene rings is 2. The van der Waals surface area contributed by atoms with Crippen LogP contribution in [0.25, 0.3) is 0 Å². The van der Waals surface area contributed by atoms with E-state index in [0.29, 0.717) is 10.6 Å². The van der Waals surface area contributed by atoms with E-state index < -0.39 is 21.5 Å². The number of aliphatic carboxylic acids is 1. The molecule has 0 amide bonds. The van der Waals surface area contributed by atoms with Crippen molar-refractivity contribution in [3.63, 3.8) is 0 Å². The van der Waals surface area contributed by atoms with Crippen molar-refractivity contribution < 1.29 is 18.3 Å². The Balaban J connectivity index is 2.44. The zero-order valence-electron chi connectivity index (χ0n) is 11.7. The van der Waals surface area contributed by atoms with Gasteiger partial charge in [-0.1, -0.05) is 41.9 Å². The van der Waals surface area contributed by atoms with E-state index in [4.69, 9.17) is 11.6 Å². The van der Waals surface area contributed by atoms with Crippen molar-refractivity contribution in [3.8, 4) is 0 Å². The number of carbonyl (C=O) groups is 1. The Morgan fingerprint density at radius 1 is 1.09 bits per heavy atom. The van der Waals surface area contributed by atoms with Crippen molar-refractivity contribution in [3.05, 3.63) is 65.2 Å². The molecule has 0 fully saturated rings. The molecular weight excluding hydrogens is 326 g/mol. The zero-order chi connectivity index (χ0) is 16.4. The lowest BCUT2D eigenvalue weighted by Gasteiger charge is -2.26. The highest BCUT2D eigenvalue weighted by Gasteiger charge is 2.39. The van der Waals surface area contributed by atoms with Crippen LogP contribution in [-0.4, -0.2) is 19.5 Å². The van der Waals surface area contributed by atoms with Gasteiger partial charge in [0.25, 0.3) is 0 Å². The molecule has 0 heterocycles. The number of halogens is 1. The van der Waals surface area contributed by atoms with Crippen LogP contribution in [0.2, 0.25) is 5.02 Å². The molecule has 2 aromatic rings. The molecule has 0 saturated carbocycles. The number of rotatable bonds is 5. The molecule has 0 unspecified atom stereocenters. The van der Waals surface area contributed by atoms with Crippen LogP contribution in [0.1, 0.15) is 12.5 Å². The van der Waals surface area contributed by atoms with Crippen LogP contribution in [0.15, 0.2) is 59.5 Å². The van der Waals surface area contributed by atoms with Crippen molar-refractivity contribution in [2.45, 2.75) is 17.4 Å². The van der Waals surface area contributed by atoms with Crippen LogP contribution in [0, 0.1) is 0 Å². The van der Waals surface area contributed by atoms with E-state index in [1.807, 2.05) is 0 Å². The Morgan fingerprint density at radius 3 is 2.14 bits per heavy atom. The third-order valence-corrected chi connectivity index (χ3v) is 5.06. The summed E-state index contributed by atoms with van der Waals surface area (Å²) < 4.78 is 27.1. The molecule has 5 nitrogen and oxygen atoms in total. The van der Waals surface area contributed by atoms with Gasteiger partial charge in [-0.05, 0) is 36.8 Å². The first kappa shape index (κ1) is 16.5. The third kappa shape index (κ3) is 3.30. The minimum atomic E-state index is -4.02. The van der Waals surface area contributed by atoms with Crippen molar-refractivity contribution in [1.82, 2.24) is 4.72 Å². The van der Waals surface area contributed by atoms with Crippen molar-refractivity contribution >= 4 is 27.6 Å². The molecule has 7 heteroatoms. The number of hydrogen-bond acceptors (Lipinski definition) is 3. The normalized spacial score (nSPS) is 14.3. The summed E-state index contributed by atoms with van der Waals surface area (Å²) in [5.41, 5.74) is -1.44. The van der Waals surface area contributed by atoms with Gasteiger partial charge in [-0.25, -0.2) is 13.2 Å². The summed E-state index contributed by atoms with van der Waals surface area (Å²) in [6.07, 6.45) is 0. The highest BCUT2D eigenvalue weighted by Crippen LogP contribution is 2.24. The van der Waals surface area contributed by atoms with E-state index in [1.54, 1.807) is 30.3 Å². The minimum Gasteiger partial charge on any atom is -0.480 e. The lowest BCUT2D eigenvalue weighted by Crippen LogP contribution is -2.49. The maximum atomic E-state index is 12.4. The van der Waals surface area contributed by atoms with Crippen molar-refractivity contribution in [2.75, 3.05) is 0 Å². The van der Waals surface area contributed by atoms with Crippen LogP contribution >= 0.6 is 11.6 Å². The molecule has 0 radical (unpaired) electrons. The van der Waals surface area contributed by atoms with Gasteiger partial charge in [0.1, 0.15) is 0 Å². The fourth-order valence-corrected chi connectivity index (χ4v) is 3.42. The van der Waals surface area contributed by atoms with Gasteiger partial charge >= 0.3 is 5.97 Å². The van der Waals surface area contributed by atoms with Crippen molar-refractivity contribution in [1.29, 1.82) is 0 Å². The van der Waals surface area contributed by atoms with E-state index in [2.05, 4.69) is 4.72 Å². The second kappa shape index (κ2) is 6.08. The number of carboxylic acid groups (broad SMARTS) is 1. The highest BCUT2D eigenvalue weighted by atomic mass is 35.5. The summed E-state index contributed by atoms with van der Waals surface area (Å²) in [4.78, 5) is 11.6. The largest absolute Gasteiger partial charge is 0.480 e. The second-order valence-electron chi connectivity index (χ2n) is 4.86. The molecule has 2 rings (SSSR count). The van der Waals surface area contributed by atoms with Crippen LogP contribution in [0.3, 0.4) is 0 Å². The van der Waals surface area contributed by atoms with Crippen LogP contribution in [0.4, 0.5) is 0 Å². The lowest BCUT2D eigenvalue weighted by molar-refractivity contribution is -0.143. The molecular formula is C15H14ClNO4S. The van der Waals surface area contributed by atoms with Crippen LogP contribution < -0.4 is 4.72 Å². The molecule has 0 bridgehead atoms. The van der Waals surface area contributed by atoms with E-state index >= 15 is 0 Å². The Morgan fingerprint density at radius 2 is 1.64 bits per heavy atom. The first-order valence-electron chi connectivity index (χ1n) is 6.34. The summed E-state index contributed by atoms with van der Waals surface area (Å²) in [6.45, 7) is 1.30. The summed E-state index contributed by atoms with van der Waals surface area (Å²) in [5, 5.41) is 9.88. The molecule has 2 aromatic carbocycles. The molecule has 0 spiro atoms. The Hall–Kier alpha value is -1.89. The van der Waals surface area contributed by atoms with E-state index in [9.17, 15) is 18.3 Å². The lowest BCUT2D eigenvalue weighted by atomic mass is 9.94. The standard InChI is InChI=1S/C15H14ClNO4S/c1-15(14(18)19,11-5-3-2-4-6-11)17-22(20,21)13-9-7-12(16)8-10-13/h2-10,17H,1H3,(H,18,19)/t15-/m1/s1. The topological polar surface area (TPSA) is 83.5 Å². The van der Waals surface area contributed by atoms with Gasteiger partial charge in [0, 0.05) is 5.02 Å². The highest BCUT2D eigenvalue weighted by molar-refractivity contribution is 7.89. The summed E-state index contributed by atoms with van der Waals surface area (Å²) >= 11 is 5.73. The average Bonchev–Trinajstić information content (AvgIpc) is 2.48. The van der Waals surface area contributed by atoms with Crippen molar-refractivity contribution in [2.24, 2.45) is 0 Å². The molecule has 116 valence electrons. The van der Waals surface area contributed by atoms with Gasteiger partial charge in [-0.2, -0.15) is 4.72 Å². The molecule has 0 aliphatic heterocycles. The molecule has 22 heavy (non-hydrogen) atoms. The molecule has 0 aliphatic rings. The SMILES string of the molecule is C[C@](NS(=O)(=O)c1ccc(Cl)cc1)(C(=O)O)c1ccccc1. The summed E-state index contributed by atoms with van der Waals surface area (Å²) in [6, 6.07) is 13.6. The number of nitrogens with one attached hydrogen (secondary N) is 1. The molecule has 0 aliphatic carbocycles. The number of hydrogen-bond donors (Lipinski definition) is 2. The fourth-order valence-electron chi connectivity index (χ4n) is 1.94. The maximum Gasteiger partial charge on any atom is 0.329 e. The Labute approximate surface area is 133 Å². The predicted octanol–water partition coefficient (Wildman–Crippen LogP) is 2.62. The summed E-state index contributed by atoms with van der Waals surface area (Å²) in [5.74, 6) is -1.30. The quantitative estimate of drug-likeness (QED) is 0.877. The number of carboxylic acids is 1. The predicted molar refractivity (Wildman–Crippen MR) is 83.2 cm³/mol. The first-order valence-corrected chi connectivity index (χ1v) is 8.20. The Kier molecular flexibility index (Phi) is 4.55.